The van der Waals surface area contributed by atoms with Crippen molar-refractivity contribution in [3.63, 3.8) is 0 Å². The number of primary amides is 1. The van der Waals surface area contributed by atoms with Gasteiger partial charge in [0.05, 0.1) is 31.6 Å². The summed E-state index contributed by atoms with van der Waals surface area (Å²) >= 11 is 0. The van der Waals surface area contributed by atoms with E-state index in [-0.39, 0.29) is 16.6 Å². The number of ether oxygens (including phenoxy) is 1. The van der Waals surface area contributed by atoms with Gasteiger partial charge in [0.2, 0.25) is 0 Å². The van der Waals surface area contributed by atoms with Gasteiger partial charge in [-0.15, -0.1) is 0 Å². The Hall–Kier alpha value is -4.14. The van der Waals surface area contributed by atoms with Crippen molar-refractivity contribution in [2.24, 2.45) is 5.73 Å². The number of benzene rings is 2. The van der Waals surface area contributed by atoms with Crippen molar-refractivity contribution >= 4 is 31.5 Å². The summed E-state index contributed by atoms with van der Waals surface area (Å²) < 4.78 is 12.9. The van der Waals surface area contributed by atoms with Gasteiger partial charge in [-0.2, -0.15) is 10.4 Å². The number of carbonyl (C=O) groups is 2. The summed E-state index contributed by atoms with van der Waals surface area (Å²) in [4.78, 5) is 29.2. The SMILES string of the molecule is COc1ccc(-n2nc(C(N)=O)c3c2C(=O)N(c2ccc(N(C#N)CCO[Si](C)(C)C(C)(C)C)cc2)CC3)cc1. The molecule has 1 aromatic heterocycles. The molecule has 3 aromatic rings. The Labute approximate surface area is 236 Å². The average molecular weight is 561 g/mol. The molecule has 2 aromatic carbocycles. The summed E-state index contributed by atoms with van der Waals surface area (Å²) in [7, 11) is -0.345. The van der Waals surface area contributed by atoms with Crippen molar-refractivity contribution < 1.29 is 18.8 Å². The number of hydrogen-bond donors (Lipinski definition) is 1. The Kier molecular flexibility index (Phi) is 8.04. The minimum absolute atomic E-state index is 0.0912. The Balaban J connectivity index is 1.56. The van der Waals surface area contributed by atoms with Crippen LogP contribution in [-0.4, -0.2) is 56.7 Å². The first kappa shape index (κ1) is 28.9. The molecule has 0 atom stereocenters. The van der Waals surface area contributed by atoms with Crippen LogP contribution >= 0.6 is 0 Å². The minimum atomic E-state index is -1.92. The normalized spacial score (nSPS) is 13.5. The summed E-state index contributed by atoms with van der Waals surface area (Å²) in [6.07, 6.45) is 2.66. The van der Waals surface area contributed by atoms with Gasteiger partial charge in [0.15, 0.2) is 20.2 Å². The minimum Gasteiger partial charge on any atom is -0.497 e. The fraction of sp³-hybridized carbons (Fsp3) is 0.379. The van der Waals surface area contributed by atoms with E-state index in [1.807, 2.05) is 24.3 Å². The summed E-state index contributed by atoms with van der Waals surface area (Å²) in [6, 6.07) is 14.3. The highest BCUT2D eigenvalue weighted by atomic mass is 28.4. The van der Waals surface area contributed by atoms with Crippen molar-refractivity contribution in [3.8, 4) is 17.6 Å². The molecule has 11 heteroatoms. The third-order valence-electron chi connectivity index (χ3n) is 7.74. The van der Waals surface area contributed by atoms with Crippen molar-refractivity contribution in [2.75, 3.05) is 36.6 Å². The van der Waals surface area contributed by atoms with Crippen LogP contribution in [0.15, 0.2) is 48.5 Å². The molecule has 2 amide bonds. The lowest BCUT2D eigenvalue weighted by Crippen LogP contribution is -2.42. The van der Waals surface area contributed by atoms with Crippen LogP contribution < -0.4 is 20.3 Å². The molecule has 2 N–H and O–H groups in total. The van der Waals surface area contributed by atoms with Crippen molar-refractivity contribution in [1.29, 1.82) is 5.26 Å². The highest BCUT2D eigenvalue weighted by Crippen LogP contribution is 2.36. The summed E-state index contributed by atoms with van der Waals surface area (Å²) in [5.74, 6) is -0.307. The summed E-state index contributed by atoms with van der Waals surface area (Å²) in [5, 5.41) is 14.3. The molecular weight excluding hydrogens is 524 g/mol. The quantitative estimate of drug-likeness (QED) is 0.232. The van der Waals surface area contributed by atoms with E-state index in [2.05, 4.69) is 45.2 Å². The molecule has 2 heterocycles. The summed E-state index contributed by atoms with van der Waals surface area (Å²) in [5.41, 5.74) is 8.55. The standard InChI is InChI=1S/C29H36N6O4Si/c1-29(2,3)40(5,6)39-18-17-33(19-30)20-7-9-21(10-8-20)34-16-15-24-25(27(31)36)32-35(26(24)28(34)37)22-11-13-23(38-4)14-12-22/h7-14H,15-18H2,1-6H3,(H2,31,36). The van der Waals surface area contributed by atoms with Crippen LogP contribution in [0.2, 0.25) is 18.1 Å². The third kappa shape index (κ3) is 5.59. The molecule has 210 valence electrons. The van der Waals surface area contributed by atoms with Crippen LogP contribution in [0.1, 0.15) is 47.3 Å². The smallest absolute Gasteiger partial charge is 0.277 e. The summed E-state index contributed by atoms with van der Waals surface area (Å²) in [6.45, 7) is 12.2. The maximum absolute atomic E-state index is 13.8. The maximum Gasteiger partial charge on any atom is 0.277 e. The molecule has 1 aliphatic heterocycles. The highest BCUT2D eigenvalue weighted by Gasteiger charge is 2.37. The van der Waals surface area contributed by atoms with Crippen molar-refractivity contribution in [1.82, 2.24) is 9.78 Å². The highest BCUT2D eigenvalue weighted by molar-refractivity contribution is 6.74. The molecule has 40 heavy (non-hydrogen) atoms. The number of amides is 2. The van der Waals surface area contributed by atoms with E-state index in [4.69, 9.17) is 14.9 Å². The van der Waals surface area contributed by atoms with Gasteiger partial charge >= 0.3 is 0 Å². The number of fused-ring (bicyclic) bond motifs is 1. The number of nitriles is 1. The molecule has 0 unspecified atom stereocenters. The van der Waals surface area contributed by atoms with E-state index in [1.54, 1.807) is 41.2 Å². The van der Waals surface area contributed by atoms with E-state index in [9.17, 15) is 14.9 Å². The molecule has 4 rings (SSSR count). The molecule has 10 nitrogen and oxygen atoms in total. The van der Waals surface area contributed by atoms with Crippen LogP contribution in [0, 0.1) is 11.5 Å². The lowest BCUT2D eigenvalue weighted by Gasteiger charge is -2.36. The van der Waals surface area contributed by atoms with E-state index < -0.39 is 14.2 Å². The van der Waals surface area contributed by atoms with Gasteiger partial charge in [-0.3, -0.25) is 14.5 Å². The lowest BCUT2D eigenvalue weighted by molar-refractivity contribution is 0.0972. The van der Waals surface area contributed by atoms with Crippen LogP contribution in [0.4, 0.5) is 11.4 Å². The van der Waals surface area contributed by atoms with E-state index in [1.165, 1.54) is 4.68 Å². The van der Waals surface area contributed by atoms with Gasteiger partial charge in [-0.1, -0.05) is 20.8 Å². The Morgan fingerprint density at radius 1 is 1.12 bits per heavy atom. The molecule has 0 saturated heterocycles. The number of rotatable bonds is 9. The Morgan fingerprint density at radius 3 is 2.30 bits per heavy atom. The Bertz CT molecular complexity index is 1440. The predicted octanol–water partition coefficient (Wildman–Crippen LogP) is 4.49. The van der Waals surface area contributed by atoms with E-state index >= 15 is 0 Å². The zero-order chi connectivity index (χ0) is 29.2. The van der Waals surface area contributed by atoms with Crippen molar-refractivity contribution in [2.45, 2.75) is 45.3 Å². The first-order valence-electron chi connectivity index (χ1n) is 13.2. The number of nitrogens with zero attached hydrogens (tertiary/aromatic N) is 5. The van der Waals surface area contributed by atoms with Crippen LogP contribution in [0.3, 0.4) is 0 Å². The second-order valence-electron chi connectivity index (χ2n) is 11.2. The average Bonchev–Trinajstić information content (AvgIpc) is 3.32. The number of carbonyl (C=O) groups excluding carboxylic acids is 2. The first-order valence-corrected chi connectivity index (χ1v) is 16.1. The second-order valence-corrected chi connectivity index (χ2v) is 16.0. The second kappa shape index (κ2) is 11.2. The number of methoxy groups -OCH3 is 1. The molecule has 0 fully saturated rings. The van der Waals surface area contributed by atoms with E-state index in [0.717, 1.165) is 5.69 Å². The third-order valence-corrected chi connectivity index (χ3v) is 12.3. The van der Waals surface area contributed by atoms with E-state index in [0.29, 0.717) is 54.5 Å². The number of aromatic nitrogens is 2. The van der Waals surface area contributed by atoms with Crippen LogP contribution in [0.5, 0.6) is 5.75 Å². The van der Waals surface area contributed by atoms with Gasteiger partial charge in [-0.25, -0.2) is 4.68 Å². The van der Waals surface area contributed by atoms with Gasteiger partial charge in [0.25, 0.3) is 11.8 Å². The molecule has 0 saturated carbocycles. The molecule has 0 aliphatic carbocycles. The topological polar surface area (TPSA) is 127 Å². The first-order chi connectivity index (χ1) is 18.9. The zero-order valence-corrected chi connectivity index (χ0v) is 24.9. The number of anilines is 2. The number of hydrogen-bond acceptors (Lipinski definition) is 7. The van der Waals surface area contributed by atoms with Gasteiger partial charge in [-0.05, 0) is 73.1 Å². The monoisotopic (exact) mass is 560 g/mol. The largest absolute Gasteiger partial charge is 0.497 e. The van der Waals surface area contributed by atoms with Crippen LogP contribution in [-0.2, 0) is 10.8 Å². The molecule has 0 bridgehead atoms. The fourth-order valence-electron chi connectivity index (χ4n) is 4.37. The predicted molar refractivity (Wildman–Crippen MR) is 157 cm³/mol. The zero-order valence-electron chi connectivity index (χ0n) is 23.9. The lowest BCUT2D eigenvalue weighted by atomic mass is 10.0. The van der Waals surface area contributed by atoms with Gasteiger partial charge < -0.3 is 19.8 Å². The van der Waals surface area contributed by atoms with Crippen LogP contribution in [0.25, 0.3) is 5.69 Å². The molecule has 0 spiro atoms. The maximum atomic E-state index is 13.8. The molecule has 1 aliphatic rings. The van der Waals surface area contributed by atoms with Gasteiger partial charge in [0.1, 0.15) is 11.4 Å². The fourth-order valence-corrected chi connectivity index (χ4v) is 5.41. The Morgan fingerprint density at radius 2 is 1.75 bits per heavy atom. The van der Waals surface area contributed by atoms with Crippen molar-refractivity contribution in [3.05, 3.63) is 65.5 Å². The molecule has 0 radical (unpaired) electrons. The molecular formula is C29H36N6O4Si. The number of nitrogens with two attached hydrogens (primary N) is 1. The van der Waals surface area contributed by atoms with Gasteiger partial charge in [0, 0.05) is 17.8 Å².